The Bertz CT molecular complexity index is 442. The van der Waals surface area contributed by atoms with Gasteiger partial charge < -0.3 is 14.6 Å². The highest BCUT2D eigenvalue weighted by Crippen LogP contribution is 2.04. The number of likely N-dealkylation sites (N-methyl/N-ethyl adjacent to an activating group) is 1. The molecular formula is C13H20N4. The zero-order valence-corrected chi connectivity index (χ0v) is 10.7. The van der Waals surface area contributed by atoms with Gasteiger partial charge in [-0.25, -0.2) is 4.98 Å². The van der Waals surface area contributed by atoms with E-state index in [0.717, 1.165) is 24.4 Å². The largest absolute Gasteiger partial charge is 0.308 e. The molecule has 0 aliphatic carbocycles. The van der Waals surface area contributed by atoms with Crippen LogP contribution in [0.4, 0.5) is 0 Å². The molecule has 0 aliphatic rings. The minimum absolute atomic E-state index is 0.467. The Balaban J connectivity index is 1.95. The van der Waals surface area contributed by atoms with Gasteiger partial charge >= 0.3 is 0 Å². The molecule has 0 aromatic carbocycles. The van der Waals surface area contributed by atoms with Gasteiger partial charge in [-0.05, 0) is 33.2 Å². The van der Waals surface area contributed by atoms with Crippen molar-refractivity contribution in [3.05, 3.63) is 36.3 Å². The molecule has 0 amide bonds. The summed E-state index contributed by atoms with van der Waals surface area (Å²) < 4.78 is 2.05. The molecule has 1 atom stereocenters. The summed E-state index contributed by atoms with van der Waals surface area (Å²) in [5, 5.41) is 3.47. The van der Waals surface area contributed by atoms with Gasteiger partial charge in [-0.15, -0.1) is 0 Å². The first kappa shape index (κ1) is 12.1. The summed E-state index contributed by atoms with van der Waals surface area (Å²) in [4.78, 5) is 6.73. The monoisotopic (exact) mass is 232 g/mol. The van der Waals surface area contributed by atoms with Gasteiger partial charge in [-0.1, -0.05) is 6.07 Å². The lowest BCUT2D eigenvalue weighted by molar-refractivity contribution is 0.348. The molecule has 2 rings (SSSR count). The standard InChI is InChI=1S/C13H20N4/c1-11(9-16(2)3)14-8-12-10-17-7-5-4-6-13(17)15-12/h4-7,10-11,14H,8-9H2,1-3H3. The van der Waals surface area contributed by atoms with Crippen molar-refractivity contribution in [1.82, 2.24) is 19.6 Å². The van der Waals surface area contributed by atoms with Gasteiger partial charge in [0, 0.05) is 31.5 Å². The Morgan fingerprint density at radius 2 is 2.24 bits per heavy atom. The van der Waals surface area contributed by atoms with Gasteiger partial charge in [-0.2, -0.15) is 0 Å². The molecule has 1 unspecified atom stereocenters. The first-order valence-electron chi connectivity index (χ1n) is 5.96. The van der Waals surface area contributed by atoms with Gasteiger partial charge in [0.25, 0.3) is 0 Å². The molecule has 17 heavy (non-hydrogen) atoms. The minimum Gasteiger partial charge on any atom is -0.308 e. The second-order valence-corrected chi connectivity index (χ2v) is 4.74. The van der Waals surface area contributed by atoms with Crippen molar-refractivity contribution in [3.63, 3.8) is 0 Å². The molecule has 4 nitrogen and oxygen atoms in total. The van der Waals surface area contributed by atoms with E-state index >= 15 is 0 Å². The van der Waals surface area contributed by atoms with E-state index in [0.29, 0.717) is 6.04 Å². The van der Waals surface area contributed by atoms with Crippen LogP contribution in [0.15, 0.2) is 30.6 Å². The fraction of sp³-hybridized carbons (Fsp3) is 0.462. The van der Waals surface area contributed by atoms with Crippen molar-refractivity contribution in [2.24, 2.45) is 0 Å². The molecule has 0 saturated carbocycles. The van der Waals surface area contributed by atoms with E-state index in [1.54, 1.807) is 0 Å². The number of nitrogens with zero attached hydrogens (tertiary/aromatic N) is 3. The van der Waals surface area contributed by atoms with Crippen LogP contribution >= 0.6 is 0 Å². The van der Waals surface area contributed by atoms with E-state index in [-0.39, 0.29) is 0 Å². The molecule has 0 saturated heterocycles. The Morgan fingerprint density at radius 3 is 2.94 bits per heavy atom. The number of pyridine rings is 1. The van der Waals surface area contributed by atoms with Gasteiger partial charge in [0.15, 0.2) is 0 Å². The molecular weight excluding hydrogens is 212 g/mol. The molecule has 1 N–H and O–H groups in total. The predicted octanol–water partition coefficient (Wildman–Crippen LogP) is 1.37. The van der Waals surface area contributed by atoms with Crippen LogP contribution in [0.3, 0.4) is 0 Å². The third kappa shape index (κ3) is 3.28. The summed E-state index contributed by atoms with van der Waals surface area (Å²) >= 11 is 0. The first-order chi connectivity index (χ1) is 8.15. The summed E-state index contributed by atoms with van der Waals surface area (Å²) in [6.07, 6.45) is 4.10. The quantitative estimate of drug-likeness (QED) is 0.845. The molecule has 4 heteroatoms. The highest BCUT2D eigenvalue weighted by atomic mass is 15.1. The second-order valence-electron chi connectivity index (χ2n) is 4.74. The SMILES string of the molecule is CC(CN(C)C)NCc1cn2ccccc2n1. The lowest BCUT2D eigenvalue weighted by atomic mass is 10.3. The van der Waals surface area contributed by atoms with Crippen molar-refractivity contribution >= 4 is 5.65 Å². The van der Waals surface area contributed by atoms with Crippen LogP contribution in [0.2, 0.25) is 0 Å². The van der Waals surface area contributed by atoms with Crippen molar-refractivity contribution in [2.45, 2.75) is 19.5 Å². The fourth-order valence-corrected chi connectivity index (χ4v) is 1.96. The van der Waals surface area contributed by atoms with Crippen molar-refractivity contribution in [3.8, 4) is 0 Å². The summed E-state index contributed by atoms with van der Waals surface area (Å²) in [6, 6.07) is 6.51. The fourth-order valence-electron chi connectivity index (χ4n) is 1.96. The Kier molecular flexibility index (Phi) is 3.76. The van der Waals surface area contributed by atoms with E-state index in [9.17, 15) is 0 Å². The highest BCUT2D eigenvalue weighted by Gasteiger charge is 2.05. The molecule has 2 aromatic heterocycles. The number of hydrogen-bond donors (Lipinski definition) is 1. The Labute approximate surface area is 102 Å². The molecule has 2 heterocycles. The molecule has 0 bridgehead atoms. The topological polar surface area (TPSA) is 32.6 Å². The smallest absolute Gasteiger partial charge is 0.137 e. The molecule has 2 aromatic rings. The zero-order valence-electron chi connectivity index (χ0n) is 10.7. The third-order valence-electron chi connectivity index (χ3n) is 2.68. The van der Waals surface area contributed by atoms with Gasteiger partial charge in [0.2, 0.25) is 0 Å². The molecule has 0 fully saturated rings. The molecule has 92 valence electrons. The van der Waals surface area contributed by atoms with E-state index in [2.05, 4.69) is 42.4 Å². The maximum Gasteiger partial charge on any atom is 0.137 e. The lowest BCUT2D eigenvalue weighted by Gasteiger charge is -2.17. The van der Waals surface area contributed by atoms with Crippen molar-refractivity contribution < 1.29 is 0 Å². The maximum absolute atomic E-state index is 4.55. The van der Waals surface area contributed by atoms with Crippen LogP contribution in [0.25, 0.3) is 5.65 Å². The van der Waals surface area contributed by atoms with Crippen LogP contribution in [-0.4, -0.2) is 41.0 Å². The normalized spacial score (nSPS) is 13.4. The van der Waals surface area contributed by atoms with Gasteiger partial charge in [-0.3, -0.25) is 0 Å². The number of fused-ring (bicyclic) bond motifs is 1. The maximum atomic E-state index is 4.55. The van der Waals surface area contributed by atoms with Gasteiger partial charge in [0.05, 0.1) is 5.69 Å². The minimum atomic E-state index is 0.467. The molecule has 0 radical (unpaired) electrons. The number of aromatic nitrogens is 2. The van der Waals surface area contributed by atoms with Crippen LogP contribution in [-0.2, 0) is 6.54 Å². The van der Waals surface area contributed by atoms with Crippen LogP contribution < -0.4 is 5.32 Å². The van der Waals surface area contributed by atoms with Crippen LogP contribution in [0.1, 0.15) is 12.6 Å². The van der Waals surface area contributed by atoms with Gasteiger partial charge in [0.1, 0.15) is 5.65 Å². The number of imidazole rings is 1. The predicted molar refractivity (Wildman–Crippen MR) is 70.0 cm³/mol. The van der Waals surface area contributed by atoms with E-state index in [1.165, 1.54) is 0 Å². The Hall–Kier alpha value is -1.39. The second kappa shape index (κ2) is 5.29. The first-order valence-corrected chi connectivity index (χ1v) is 5.96. The Morgan fingerprint density at radius 1 is 1.41 bits per heavy atom. The molecule has 0 spiro atoms. The van der Waals surface area contributed by atoms with Crippen LogP contribution in [0.5, 0.6) is 0 Å². The average molecular weight is 232 g/mol. The average Bonchev–Trinajstić information content (AvgIpc) is 2.68. The highest BCUT2D eigenvalue weighted by molar-refractivity contribution is 5.39. The zero-order chi connectivity index (χ0) is 12.3. The number of rotatable bonds is 5. The number of nitrogens with one attached hydrogen (secondary N) is 1. The summed E-state index contributed by atoms with van der Waals surface area (Å²) in [6.45, 7) is 4.04. The summed E-state index contributed by atoms with van der Waals surface area (Å²) in [5.74, 6) is 0. The van der Waals surface area contributed by atoms with Crippen LogP contribution in [0, 0.1) is 0 Å². The van der Waals surface area contributed by atoms with E-state index in [4.69, 9.17) is 0 Å². The third-order valence-corrected chi connectivity index (χ3v) is 2.68. The van der Waals surface area contributed by atoms with Crippen molar-refractivity contribution in [1.29, 1.82) is 0 Å². The van der Waals surface area contributed by atoms with Crippen molar-refractivity contribution in [2.75, 3.05) is 20.6 Å². The summed E-state index contributed by atoms with van der Waals surface area (Å²) in [7, 11) is 4.17. The lowest BCUT2D eigenvalue weighted by Crippen LogP contribution is -2.35. The number of hydrogen-bond acceptors (Lipinski definition) is 3. The summed E-state index contributed by atoms with van der Waals surface area (Å²) in [5.41, 5.74) is 2.09. The van der Waals surface area contributed by atoms with E-state index in [1.807, 2.05) is 28.8 Å². The van der Waals surface area contributed by atoms with E-state index < -0.39 is 0 Å². The molecule has 0 aliphatic heterocycles.